The normalized spacial score (nSPS) is 10.1. The Hall–Kier alpha value is -1.95. The minimum absolute atomic E-state index is 0.257. The van der Waals surface area contributed by atoms with Crippen molar-refractivity contribution in [3.63, 3.8) is 0 Å². The third-order valence-corrected chi connectivity index (χ3v) is 2.16. The predicted molar refractivity (Wildman–Crippen MR) is 59.4 cm³/mol. The Morgan fingerprint density at radius 3 is 2.93 bits per heavy atom. The predicted octanol–water partition coefficient (Wildman–Crippen LogP) is 0.872. The van der Waals surface area contributed by atoms with Crippen LogP contribution in [-0.2, 0) is 0 Å². The molecule has 2 rings (SSSR count). The second kappa shape index (κ2) is 3.66. The maximum Gasteiger partial charge on any atom is 0.253 e. The van der Waals surface area contributed by atoms with Gasteiger partial charge in [0.15, 0.2) is 4.77 Å². The zero-order valence-electron chi connectivity index (χ0n) is 7.68. The molecule has 15 heavy (non-hydrogen) atoms. The maximum atomic E-state index is 11.1. The van der Waals surface area contributed by atoms with Crippen LogP contribution in [0.25, 0.3) is 5.69 Å². The summed E-state index contributed by atoms with van der Waals surface area (Å²) in [7, 11) is 0. The van der Waals surface area contributed by atoms with Gasteiger partial charge in [0.1, 0.15) is 5.82 Å². The average molecular weight is 220 g/mol. The highest BCUT2D eigenvalue weighted by Gasteiger charge is 2.02. The summed E-state index contributed by atoms with van der Waals surface area (Å²) >= 11 is 5.01. The molecule has 6 heteroatoms. The third kappa shape index (κ3) is 1.79. The number of nitrogens with two attached hydrogens (primary N) is 1. The fraction of sp³-hybridized carbons (Fsp3) is 0. The van der Waals surface area contributed by atoms with Crippen molar-refractivity contribution in [1.29, 1.82) is 0 Å². The van der Waals surface area contributed by atoms with Crippen LogP contribution >= 0.6 is 12.2 Å². The number of nitrogens with one attached hydrogen (secondary N) is 1. The molecule has 0 radical (unpaired) electrons. The van der Waals surface area contributed by atoms with Gasteiger partial charge in [-0.3, -0.25) is 19.3 Å². The van der Waals surface area contributed by atoms with Gasteiger partial charge in [0, 0.05) is 12.3 Å². The van der Waals surface area contributed by atoms with E-state index in [4.69, 9.17) is 18.0 Å². The number of aromatic nitrogens is 3. The Kier molecular flexibility index (Phi) is 2.34. The standard InChI is InChI=1S/C9H8N4OS/c10-7-4-8(14)12-9(15)13(7)6-2-1-3-11-5-6/h1-5H,10H2,(H,12,14,15). The van der Waals surface area contributed by atoms with Crippen molar-refractivity contribution >= 4 is 18.0 Å². The monoisotopic (exact) mass is 220 g/mol. The van der Waals surface area contributed by atoms with E-state index in [0.29, 0.717) is 0 Å². The zero-order chi connectivity index (χ0) is 10.8. The van der Waals surface area contributed by atoms with Crippen molar-refractivity contribution in [1.82, 2.24) is 14.5 Å². The Balaban J connectivity index is 2.75. The van der Waals surface area contributed by atoms with Crippen molar-refractivity contribution < 1.29 is 0 Å². The van der Waals surface area contributed by atoms with Crippen LogP contribution < -0.4 is 11.3 Å². The van der Waals surface area contributed by atoms with Gasteiger partial charge in [0.25, 0.3) is 5.56 Å². The first-order valence-electron chi connectivity index (χ1n) is 4.21. The lowest BCUT2D eigenvalue weighted by atomic mass is 10.4. The molecule has 2 aromatic heterocycles. The minimum Gasteiger partial charge on any atom is -0.385 e. The highest BCUT2D eigenvalue weighted by molar-refractivity contribution is 7.71. The SMILES string of the molecule is Nc1cc(=O)[nH]c(=S)n1-c1cccnc1. The highest BCUT2D eigenvalue weighted by Crippen LogP contribution is 2.09. The van der Waals surface area contributed by atoms with E-state index in [-0.39, 0.29) is 16.1 Å². The molecule has 0 aliphatic carbocycles. The first kappa shape index (κ1) is 9.60. The number of anilines is 1. The molecule has 0 atom stereocenters. The Bertz CT molecular complexity index is 587. The largest absolute Gasteiger partial charge is 0.385 e. The van der Waals surface area contributed by atoms with E-state index in [1.165, 1.54) is 6.07 Å². The van der Waals surface area contributed by atoms with Crippen molar-refractivity contribution in [3.05, 3.63) is 45.7 Å². The van der Waals surface area contributed by atoms with Gasteiger partial charge in [-0.05, 0) is 24.4 Å². The molecule has 0 bridgehead atoms. The zero-order valence-corrected chi connectivity index (χ0v) is 8.49. The van der Waals surface area contributed by atoms with E-state index < -0.39 is 0 Å². The molecule has 0 aliphatic heterocycles. The highest BCUT2D eigenvalue weighted by atomic mass is 32.1. The molecule has 2 heterocycles. The van der Waals surface area contributed by atoms with Gasteiger partial charge < -0.3 is 5.73 Å². The van der Waals surface area contributed by atoms with Crippen LogP contribution in [0.1, 0.15) is 0 Å². The van der Waals surface area contributed by atoms with E-state index in [9.17, 15) is 4.79 Å². The molecule has 2 aromatic rings. The lowest BCUT2D eigenvalue weighted by Gasteiger charge is -2.08. The van der Waals surface area contributed by atoms with Crippen LogP contribution in [0.3, 0.4) is 0 Å². The van der Waals surface area contributed by atoms with Crippen LogP contribution in [0, 0.1) is 4.77 Å². The van der Waals surface area contributed by atoms with Gasteiger partial charge in [-0.15, -0.1) is 0 Å². The second-order valence-corrected chi connectivity index (χ2v) is 3.30. The fourth-order valence-electron chi connectivity index (χ4n) is 1.27. The van der Waals surface area contributed by atoms with E-state index >= 15 is 0 Å². The van der Waals surface area contributed by atoms with Gasteiger partial charge in [-0.1, -0.05) is 0 Å². The molecule has 0 fully saturated rings. The number of rotatable bonds is 1. The first-order valence-corrected chi connectivity index (χ1v) is 4.61. The summed E-state index contributed by atoms with van der Waals surface area (Å²) in [4.78, 5) is 17.5. The van der Waals surface area contributed by atoms with E-state index in [1.807, 2.05) is 0 Å². The molecular weight excluding hydrogens is 212 g/mol. The summed E-state index contributed by atoms with van der Waals surface area (Å²) in [6.45, 7) is 0. The summed E-state index contributed by atoms with van der Waals surface area (Å²) in [5, 5.41) is 0. The smallest absolute Gasteiger partial charge is 0.253 e. The summed E-state index contributed by atoms with van der Waals surface area (Å²) in [6.07, 6.45) is 3.26. The van der Waals surface area contributed by atoms with E-state index in [2.05, 4.69) is 9.97 Å². The van der Waals surface area contributed by atoms with Gasteiger partial charge in [0.2, 0.25) is 0 Å². The van der Waals surface area contributed by atoms with Gasteiger partial charge in [0.05, 0.1) is 11.9 Å². The third-order valence-electron chi connectivity index (χ3n) is 1.87. The van der Waals surface area contributed by atoms with E-state index in [1.54, 1.807) is 29.1 Å². The molecule has 0 amide bonds. The Morgan fingerprint density at radius 2 is 2.33 bits per heavy atom. The number of nitrogens with zero attached hydrogens (tertiary/aromatic N) is 2. The molecule has 0 unspecified atom stereocenters. The van der Waals surface area contributed by atoms with Crippen molar-refractivity contribution in [2.75, 3.05) is 5.73 Å². The average Bonchev–Trinajstić information content (AvgIpc) is 2.17. The molecule has 0 saturated carbocycles. The van der Waals surface area contributed by atoms with Crippen LogP contribution in [0.2, 0.25) is 0 Å². The Labute approximate surface area is 90.2 Å². The minimum atomic E-state index is -0.308. The van der Waals surface area contributed by atoms with Crippen LogP contribution in [0.4, 0.5) is 5.82 Å². The van der Waals surface area contributed by atoms with Crippen LogP contribution in [0.5, 0.6) is 0 Å². The van der Waals surface area contributed by atoms with E-state index in [0.717, 1.165) is 5.69 Å². The molecule has 0 aliphatic rings. The summed E-state index contributed by atoms with van der Waals surface area (Å²) in [5.74, 6) is 0.289. The summed E-state index contributed by atoms with van der Waals surface area (Å²) < 4.78 is 1.80. The molecule has 76 valence electrons. The van der Waals surface area contributed by atoms with Gasteiger partial charge in [-0.2, -0.15) is 0 Å². The lowest BCUT2D eigenvalue weighted by Crippen LogP contribution is -2.14. The Morgan fingerprint density at radius 1 is 1.53 bits per heavy atom. The number of pyridine rings is 1. The van der Waals surface area contributed by atoms with Crippen molar-refractivity contribution in [2.45, 2.75) is 0 Å². The van der Waals surface area contributed by atoms with Crippen LogP contribution in [-0.4, -0.2) is 14.5 Å². The first-order chi connectivity index (χ1) is 7.18. The lowest BCUT2D eigenvalue weighted by molar-refractivity contribution is 0.943. The number of hydrogen-bond acceptors (Lipinski definition) is 4. The molecule has 3 N–H and O–H groups in total. The molecule has 0 spiro atoms. The number of nitrogen functional groups attached to an aromatic ring is 1. The molecule has 5 nitrogen and oxygen atoms in total. The summed E-state index contributed by atoms with van der Waals surface area (Å²) in [6, 6.07) is 4.85. The van der Waals surface area contributed by atoms with Crippen LogP contribution in [0.15, 0.2) is 35.4 Å². The van der Waals surface area contributed by atoms with Gasteiger partial charge in [-0.25, -0.2) is 0 Å². The van der Waals surface area contributed by atoms with Gasteiger partial charge >= 0.3 is 0 Å². The fourth-order valence-corrected chi connectivity index (χ4v) is 1.58. The number of aromatic amines is 1. The topological polar surface area (TPSA) is 76.7 Å². The molecule has 0 aromatic carbocycles. The second-order valence-electron chi connectivity index (χ2n) is 2.91. The summed E-state index contributed by atoms with van der Waals surface area (Å²) in [5.41, 5.74) is 6.11. The number of H-pyrrole nitrogens is 1. The molecular formula is C9H8N4OS. The molecule has 0 saturated heterocycles. The van der Waals surface area contributed by atoms with Crippen molar-refractivity contribution in [3.8, 4) is 5.69 Å². The van der Waals surface area contributed by atoms with Crippen molar-refractivity contribution in [2.24, 2.45) is 0 Å². The maximum absolute atomic E-state index is 11.1. The quantitative estimate of drug-likeness (QED) is 0.699. The number of hydrogen-bond donors (Lipinski definition) is 2.